The van der Waals surface area contributed by atoms with E-state index in [9.17, 15) is 9.90 Å². The summed E-state index contributed by atoms with van der Waals surface area (Å²) in [6.45, 7) is 5.74. The van der Waals surface area contributed by atoms with Crippen LogP contribution in [0.15, 0.2) is 66.4 Å². The second-order valence-corrected chi connectivity index (χ2v) is 6.37. The molecule has 0 aliphatic heterocycles. The van der Waals surface area contributed by atoms with Crippen molar-refractivity contribution in [2.45, 2.75) is 13.3 Å². The van der Waals surface area contributed by atoms with E-state index in [1.165, 1.54) is 6.21 Å². The molecule has 3 rings (SSSR count). The summed E-state index contributed by atoms with van der Waals surface area (Å²) in [4.78, 5) is 16.4. The molecule has 3 aromatic rings. The Morgan fingerprint density at radius 1 is 1.23 bits per heavy atom. The van der Waals surface area contributed by atoms with E-state index in [1.54, 1.807) is 30.5 Å². The van der Waals surface area contributed by atoms with Gasteiger partial charge in [0.05, 0.1) is 12.8 Å². The van der Waals surface area contributed by atoms with Crippen LogP contribution in [0.4, 0.5) is 0 Å². The van der Waals surface area contributed by atoms with Crippen molar-refractivity contribution in [3.8, 4) is 17.2 Å². The first-order chi connectivity index (χ1) is 14.6. The lowest BCUT2D eigenvalue weighted by Gasteiger charge is -2.11. The highest BCUT2D eigenvalue weighted by atomic mass is 16.5. The molecule has 0 radical (unpaired) electrons. The molecule has 0 aliphatic rings. The van der Waals surface area contributed by atoms with Gasteiger partial charge in [0.1, 0.15) is 11.3 Å². The van der Waals surface area contributed by atoms with Gasteiger partial charge in [-0.3, -0.25) is 9.78 Å². The Labute approximate surface area is 174 Å². The van der Waals surface area contributed by atoms with E-state index >= 15 is 0 Å². The second-order valence-electron chi connectivity index (χ2n) is 6.37. The molecule has 2 aromatic carbocycles. The summed E-state index contributed by atoms with van der Waals surface area (Å²) in [6, 6.07) is 12.7. The summed E-state index contributed by atoms with van der Waals surface area (Å²) in [5.41, 5.74) is 4.46. The number of fused-ring (bicyclic) bond motifs is 1. The number of hydrogen-bond acceptors (Lipinski definition) is 6. The fourth-order valence-electron chi connectivity index (χ4n) is 2.89. The number of carbonyl (C=O) groups is 1. The van der Waals surface area contributed by atoms with Crippen molar-refractivity contribution in [2.75, 3.05) is 13.2 Å². The van der Waals surface area contributed by atoms with E-state index in [2.05, 4.69) is 22.1 Å². The molecule has 0 fully saturated rings. The largest absolute Gasteiger partial charge is 0.504 e. The number of pyridine rings is 1. The van der Waals surface area contributed by atoms with Crippen LogP contribution >= 0.6 is 0 Å². The van der Waals surface area contributed by atoms with E-state index in [1.807, 2.05) is 31.2 Å². The van der Waals surface area contributed by atoms with Crippen molar-refractivity contribution in [1.29, 1.82) is 0 Å². The summed E-state index contributed by atoms with van der Waals surface area (Å²) < 4.78 is 11.0. The molecule has 0 atom stereocenters. The number of hydrazone groups is 1. The first kappa shape index (κ1) is 20.9. The van der Waals surface area contributed by atoms with Crippen molar-refractivity contribution < 1.29 is 19.4 Å². The monoisotopic (exact) mass is 405 g/mol. The number of amides is 1. The van der Waals surface area contributed by atoms with Gasteiger partial charge in [0.25, 0.3) is 5.91 Å². The standard InChI is InChI=1S/C23H23N3O4/c1-3-7-18-12-16(13-20(23(18)28)29-4-2)14-25-26-21(27)15-30-19-10-5-8-17-9-6-11-24-22(17)19/h3,5-6,8-14,28H,1,4,7,15H2,2H3,(H,26,27)/b25-14-. The molecule has 1 amide bonds. The highest BCUT2D eigenvalue weighted by molar-refractivity contribution is 5.86. The molecule has 2 N–H and O–H groups in total. The molecule has 0 spiro atoms. The van der Waals surface area contributed by atoms with Gasteiger partial charge in [-0.25, -0.2) is 5.43 Å². The first-order valence-electron chi connectivity index (χ1n) is 9.50. The van der Waals surface area contributed by atoms with Crippen LogP contribution < -0.4 is 14.9 Å². The molecule has 0 saturated carbocycles. The number of carbonyl (C=O) groups excluding carboxylic acids is 1. The molecule has 30 heavy (non-hydrogen) atoms. The number of nitrogens with one attached hydrogen (secondary N) is 1. The number of allylic oxidation sites excluding steroid dienone is 1. The topological polar surface area (TPSA) is 93.0 Å². The number of phenolic OH excluding ortho intramolecular Hbond substituents is 1. The number of benzene rings is 2. The van der Waals surface area contributed by atoms with Gasteiger partial charge in [0.2, 0.25) is 0 Å². The SMILES string of the molecule is C=CCc1cc(/C=N\NC(=O)COc2cccc3cccnc23)cc(OCC)c1O. The lowest BCUT2D eigenvalue weighted by molar-refractivity contribution is -0.123. The average Bonchev–Trinajstić information content (AvgIpc) is 2.75. The molecule has 0 unspecified atom stereocenters. The maximum Gasteiger partial charge on any atom is 0.277 e. The summed E-state index contributed by atoms with van der Waals surface area (Å²) in [5.74, 6) is 0.557. The van der Waals surface area contributed by atoms with Gasteiger partial charge in [-0.2, -0.15) is 5.10 Å². The number of aromatic nitrogens is 1. The average molecular weight is 405 g/mol. The molecule has 0 bridgehead atoms. The highest BCUT2D eigenvalue weighted by Crippen LogP contribution is 2.32. The van der Waals surface area contributed by atoms with E-state index < -0.39 is 5.91 Å². The van der Waals surface area contributed by atoms with Gasteiger partial charge in [-0.15, -0.1) is 6.58 Å². The van der Waals surface area contributed by atoms with Crippen LogP contribution in [0.3, 0.4) is 0 Å². The second kappa shape index (κ2) is 10.1. The van der Waals surface area contributed by atoms with Crippen LogP contribution in [0.5, 0.6) is 17.2 Å². The third kappa shape index (κ3) is 5.14. The number of nitrogens with zero attached hydrogens (tertiary/aromatic N) is 2. The van der Waals surface area contributed by atoms with Crippen molar-refractivity contribution in [1.82, 2.24) is 10.4 Å². The van der Waals surface area contributed by atoms with Crippen molar-refractivity contribution in [3.05, 3.63) is 72.4 Å². The minimum atomic E-state index is -0.408. The zero-order chi connectivity index (χ0) is 21.3. The molecule has 1 aromatic heterocycles. The molecule has 0 aliphatic carbocycles. The van der Waals surface area contributed by atoms with Crippen LogP contribution in [0.1, 0.15) is 18.1 Å². The zero-order valence-electron chi connectivity index (χ0n) is 16.7. The summed E-state index contributed by atoms with van der Waals surface area (Å²) in [6.07, 6.45) is 5.32. The van der Waals surface area contributed by atoms with Gasteiger partial charge in [0.15, 0.2) is 18.1 Å². The maximum atomic E-state index is 12.1. The predicted octanol–water partition coefficient (Wildman–Crippen LogP) is 3.60. The Balaban J connectivity index is 1.63. The number of aromatic hydroxyl groups is 1. The fourth-order valence-corrected chi connectivity index (χ4v) is 2.89. The molecular formula is C23H23N3O4. The normalized spacial score (nSPS) is 10.8. The molecule has 7 heteroatoms. The van der Waals surface area contributed by atoms with E-state index in [0.717, 1.165) is 5.39 Å². The molecule has 7 nitrogen and oxygen atoms in total. The lowest BCUT2D eigenvalue weighted by atomic mass is 10.1. The van der Waals surface area contributed by atoms with Crippen molar-refractivity contribution in [3.63, 3.8) is 0 Å². The minimum Gasteiger partial charge on any atom is -0.504 e. The van der Waals surface area contributed by atoms with Gasteiger partial charge >= 0.3 is 0 Å². The summed E-state index contributed by atoms with van der Waals surface area (Å²) >= 11 is 0. The minimum absolute atomic E-state index is 0.0787. The Kier molecular flexibility index (Phi) is 7.00. The third-order valence-corrected chi connectivity index (χ3v) is 4.20. The van der Waals surface area contributed by atoms with Crippen LogP contribution in [0, 0.1) is 0 Å². The van der Waals surface area contributed by atoms with Gasteiger partial charge in [0, 0.05) is 17.1 Å². The van der Waals surface area contributed by atoms with Gasteiger partial charge < -0.3 is 14.6 Å². The molecule has 154 valence electrons. The van der Waals surface area contributed by atoms with Gasteiger partial charge in [-0.05, 0) is 43.2 Å². The molecule has 0 saturated heterocycles. The number of para-hydroxylation sites is 1. The Morgan fingerprint density at radius 2 is 2.07 bits per heavy atom. The lowest BCUT2D eigenvalue weighted by Crippen LogP contribution is -2.24. The molecular weight excluding hydrogens is 382 g/mol. The van der Waals surface area contributed by atoms with E-state index in [0.29, 0.717) is 41.2 Å². The highest BCUT2D eigenvalue weighted by Gasteiger charge is 2.10. The maximum absolute atomic E-state index is 12.1. The smallest absolute Gasteiger partial charge is 0.277 e. The van der Waals surface area contributed by atoms with Crippen LogP contribution in [0.2, 0.25) is 0 Å². The third-order valence-electron chi connectivity index (χ3n) is 4.20. The number of phenols is 1. The predicted molar refractivity (Wildman–Crippen MR) is 116 cm³/mol. The zero-order valence-corrected chi connectivity index (χ0v) is 16.7. The Morgan fingerprint density at radius 3 is 2.87 bits per heavy atom. The first-order valence-corrected chi connectivity index (χ1v) is 9.50. The van der Waals surface area contributed by atoms with Crippen molar-refractivity contribution >= 4 is 23.0 Å². The van der Waals surface area contributed by atoms with E-state index in [-0.39, 0.29) is 12.4 Å². The Hall–Kier alpha value is -3.87. The quantitative estimate of drug-likeness (QED) is 0.322. The number of ether oxygens (including phenoxy) is 2. The van der Waals surface area contributed by atoms with E-state index in [4.69, 9.17) is 9.47 Å². The van der Waals surface area contributed by atoms with Crippen LogP contribution in [-0.2, 0) is 11.2 Å². The van der Waals surface area contributed by atoms with Crippen molar-refractivity contribution in [2.24, 2.45) is 5.10 Å². The summed E-state index contributed by atoms with van der Waals surface area (Å²) in [7, 11) is 0. The molecule has 1 heterocycles. The summed E-state index contributed by atoms with van der Waals surface area (Å²) in [5, 5.41) is 15.1. The number of rotatable bonds is 9. The van der Waals surface area contributed by atoms with Crippen LogP contribution in [0.25, 0.3) is 10.9 Å². The van der Waals surface area contributed by atoms with Gasteiger partial charge in [-0.1, -0.05) is 24.3 Å². The fraction of sp³-hybridized carbons (Fsp3) is 0.174. The van der Waals surface area contributed by atoms with Crippen LogP contribution in [-0.4, -0.2) is 35.4 Å². The Bertz CT molecular complexity index is 1070. The number of hydrogen-bond donors (Lipinski definition) is 2.